The average molecular weight is 221 g/mol. The van der Waals surface area contributed by atoms with Crippen LogP contribution in [0.15, 0.2) is 30.3 Å². The second-order valence-corrected chi connectivity index (χ2v) is 3.75. The summed E-state index contributed by atoms with van der Waals surface area (Å²) >= 11 is 0. The maximum absolute atomic E-state index is 10.1. The molecule has 0 bridgehead atoms. The van der Waals surface area contributed by atoms with Crippen LogP contribution in [0, 0.1) is 0 Å². The summed E-state index contributed by atoms with van der Waals surface area (Å²) in [5, 5.41) is 0. The zero-order chi connectivity index (χ0) is 9.68. The van der Waals surface area contributed by atoms with Crippen molar-refractivity contribution in [2.24, 2.45) is 0 Å². The Labute approximate surface area is 76.9 Å². The van der Waals surface area contributed by atoms with Crippen molar-refractivity contribution >= 4 is 16.9 Å². The fourth-order valence-electron chi connectivity index (χ4n) is 0.648. The maximum atomic E-state index is 10.1. The molecule has 7 heteroatoms. The van der Waals surface area contributed by atoms with Crippen LogP contribution in [-0.2, 0) is 8.88 Å². The highest BCUT2D eigenvalue weighted by Crippen LogP contribution is 2.42. The van der Waals surface area contributed by atoms with Gasteiger partial charge in [0.05, 0.1) is 0 Å². The maximum Gasteiger partial charge on any atom is 0.704 e. The zero-order valence-corrected chi connectivity index (χ0v) is 8.19. The van der Waals surface area contributed by atoms with Crippen molar-refractivity contribution < 1.29 is 23.2 Å². The molecule has 0 aliphatic rings. The van der Waals surface area contributed by atoms with Gasteiger partial charge < -0.3 is 9.42 Å². The Balaban J connectivity index is 2.45. The first-order chi connectivity index (χ1) is 6.18. The first-order valence-corrected chi connectivity index (χ1v) is 5.51. The predicted octanol–water partition coefficient (Wildman–Crippen LogP) is 1.95. The molecule has 0 saturated carbocycles. The van der Waals surface area contributed by atoms with Gasteiger partial charge in [0.25, 0.3) is 0 Å². The molecule has 1 aromatic rings. The largest absolute Gasteiger partial charge is 0.704 e. The molecule has 5 nitrogen and oxygen atoms in total. The van der Waals surface area contributed by atoms with Crippen LogP contribution in [-0.4, -0.2) is 9.79 Å². The Bertz CT molecular complexity index is 278. The highest BCUT2D eigenvalue weighted by atomic mass is 31.2. The molecular weight excluding hydrogens is 214 g/mol. The average Bonchev–Trinajstić information content (AvgIpc) is 2.04. The summed E-state index contributed by atoms with van der Waals surface area (Å²) in [5.41, 5.74) is 0. The Morgan fingerprint density at radius 2 is 1.92 bits per heavy atom. The second kappa shape index (κ2) is 5.22. The van der Waals surface area contributed by atoms with Gasteiger partial charge in [0.15, 0.2) is 0 Å². The van der Waals surface area contributed by atoms with Gasteiger partial charge in [0.1, 0.15) is 5.75 Å². The standard InChI is InChI=1S/C6H6O5P2/c7-12(8)11-13(9)10-6-4-2-1-3-5-6/h1-5,9H/p+1. The lowest BCUT2D eigenvalue weighted by molar-refractivity contribution is 0.351. The van der Waals surface area contributed by atoms with Crippen LogP contribution in [0.2, 0.25) is 0 Å². The molecule has 0 fully saturated rings. The van der Waals surface area contributed by atoms with Crippen LogP contribution in [0.5, 0.6) is 5.75 Å². The van der Waals surface area contributed by atoms with E-state index in [2.05, 4.69) is 4.31 Å². The fourth-order valence-corrected chi connectivity index (χ4v) is 1.56. The molecule has 2 atom stereocenters. The highest BCUT2D eigenvalue weighted by Gasteiger charge is 2.24. The first kappa shape index (κ1) is 10.5. The Morgan fingerprint density at radius 1 is 1.31 bits per heavy atom. The van der Waals surface area contributed by atoms with Crippen LogP contribution < -0.4 is 4.52 Å². The van der Waals surface area contributed by atoms with Crippen molar-refractivity contribution in [3.05, 3.63) is 30.3 Å². The molecule has 0 heterocycles. The topological polar surface area (TPSA) is 76.0 Å². The van der Waals surface area contributed by atoms with Crippen LogP contribution in [0.4, 0.5) is 0 Å². The minimum atomic E-state index is -2.83. The summed E-state index contributed by atoms with van der Waals surface area (Å²) in [6, 6.07) is 8.38. The van der Waals surface area contributed by atoms with E-state index in [4.69, 9.17) is 14.3 Å². The SMILES string of the molecule is O=[P+](O)OP(O)Oc1ccccc1. The van der Waals surface area contributed by atoms with Gasteiger partial charge >= 0.3 is 16.9 Å². The molecule has 1 aromatic carbocycles. The van der Waals surface area contributed by atoms with E-state index < -0.39 is 16.9 Å². The second-order valence-electron chi connectivity index (χ2n) is 1.96. The summed E-state index contributed by atoms with van der Waals surface area (Å²) < 4.78 is 19.0. The van der Waals surface area contributed by atoms with Gasteiger partial charge in [-0.25, -0.2) is 0 Å². The Kier molecular flexibility index (Phi) is 4.22. The zero-order valence-electron chi connectivity index (χ0n) is 6.40. The number of rotatable bonds is 4. The smallest absolute Gasteiger partial charge is 0.425 e. The van der Waals surface area contributed by atoms with Crippen LogP contribution in [0.1, 0.15) is 0 Å². The number of hydrogen-bond donors (Lipinski definition) is 2. The third kappa shape index (κ3) is 4.27. The Morgan fingerprint density at radius 3 is 2.46 bits per heavy atom. The van der Waals surface area contributed by atoms with E-state index in [1.54, 1.807) is 30.3 Å². The molecule has 0 aliphatic heterocycles. The molecule has 1 rings (SSSR count). The van der Waals surface area contributed by atoms with Crippen LogP contribution in [0.3, 0.4) is 0 Å². The third-order valence-corrected chi connectivity index (χ3v) is 2.55. The van der Waals surface area contributed by atoms with E-state index in [9.17, 15) is 4.57 Å². The van der Waals surface area contributed by atoms with Gasteiger partial charge in [-0.3, -0.25) is 0 Å². The van der Waals surface area contributed by atoms with Gasteiger partial charge in [0.2, 0.25) is 0 Å². The summed E-state index contributed by atoms with van der Waals surface area (Å²) in [6.07, 6.45) is 0. The van der Waals surface area contributed by atoms with Crippen molar-refractivity contribution in [3.63, 3.8) is 0 Å². The van der Waals surface area contributed by atoms with E-state index in [1.807, 2.05) is 0 Å². The molecule has 2 unspecified atom stereocenters. The third-order valence-electron chi connectivity index (χ3n) is 1.07. The lowest BCUT2D eigenvalue weighted by atomic mass is 10.3. The van der Waals surface area contributed by atoms with Crippen LogP contribution in [0.25, 0.3) is 0 Å². The van der Waals surface area contributed by atoms with E-state index in [-0.39, 0.29) is 0 Å². The molecule has 0 radical (unpaired) electrons. The van der Waals surface area contributed by atoms with Crippen molar-refractivity contribution in [3.8, 4) is 5.75 Å². The van der Waals surface area contributed by atoms with E-state index in [0.717, 1.165) is 0 Å². The lowest BCUT2D eigenvalue weighted by Gasteiger charge is -2.03. The Hall–Kier alpha value is -0.570. The molecule has 0 aliphatic carbocycles. The molecule has 2 N–H and O–H groups in total. The number of hydrogen-bond acceptors (Lipinski definition) is 4. The number of para-hydroxylation sites is 1. The van der Waals surface area contributed by atoms with Crippen LogP contribution >= 0.6 is 16.9 Å². The van der Waals surface area contributed by atoms with Gasteiger partial charge in [0, 0.05) is 4.57 Å². The molecule has 0 amide bonds. The van der Waals surface area contributed by atoms with Gasteiger partial charge in [-0.2, -0.15) is 0 Å². The highest BCUT2D eigenvalue weighted by molar-refractivity contribution is 7.51. The molecule has 0 aromatic heterocycles. The molecule has 13 heavy (non-hydrogen) atoms. The molecular formula is C6H7O5P2+. The van der Waals surface area contributed by atoms with E-state index in [1.165, 1.54) is 0 Å². The number of benzene rings is 1. The fraction of sp³-hybridized carbons (Fsp3) is 0. The predicted molar refractivity (Wildman–Crippen MR) is 47.1 cm³/mol. The monoisotopic (exact) mass is 221 g/mol. The minimum absolute atomic E-state index is 0.382. The summed E-state index contributed by atoms with van der Waals surface area (Å²) in [4.78, 5) is 17.2. The minimum Gasteiger partial charge on any atom is -0.425 e. The normalized spacial score (nSPS) is 13.5. The molecule has 0 spiro atoms. The summed E-state index contributed by atoms with van der Waals surface area (Å²) in [5.74, 6) is 0.382. The summed E-state index contributed by atoms with van der Waals surface area (Å²) in [6.45, 7) is 0. The van der Waals surface area contributed by atoms with Gasteiger partial charge in [-0.1, -0.05) is 18.2 Å². The molecule has 70 valence electrons. The lowest BCUT2D eigenvalue weighted by Crippen LogP contribution is -1.86. The quantitative estimate of drug-likeness (QED) is 0.760. The van der Waals surface area contributed by atoms with Gasteiger partial charge in [-0.05, 0) is 16.4 Å². The van der Waals surface area contributed by atoms with Gasteiger partial charge in [-0.15, -0.1) is 4.89 Å². The first-order valence-electron chi connectivity index (χ1n) is 3.25. The van der Waals surface area contributed by atoms with Crippen molar-refractivity contribution in [2.75, 3.05) is 0 Å². The van der Waals surface area contributed by atoms with E-state index >= 15 is 0 Å². The molecule has 0 saturated heterocycles. The van der Waals surface area contributed by atoms with Crippen molar-refractivity contribution in [2.45, 2.75) is 0 Å². The van der Waals surface area contributed by atoms with Crippen molar-refractivity contribution in [1.82, 2.24) is 0 Å². The van der Waals surface area contributed by atoms with Crippen molar-refractivity contribution in [1.29, 1.82) is 0 Å². The summed E-state index contributed by atoms with van der Waals surface area (Å²) in [7, 11) is -5.16. The van der Waals surface area contributed by atoms with E-state index in [0.29, 0.717) is 5.75 Å².